The van der Waals surface area contributed by atoms with Crippen LogP contribution >= 0.6 is 0 Å². The van der Waals surface area contributed by atoms with Crippen molar-refractivity contribution in [1.82, 2.24) is 10.2 Å². The number of rotatable bonds is 4. The lowest BCUT2D eigenvalue weighted by molar-refractivity contribution is 0.133. The maximum Gasteiger partial charge on any atom is 0.0288 e. The van der Waals surface area contributed by atoms with E-state index in [4.69, 9.17) is 0 Å². The van der Waals surface area contributed by atoms with Gasteiger partial charge in [-0.3, -0.25) is 0 Å². The minimum atomic E-state index is 0.816. The Labute approximate surface area is 106 Å². The van der Waals surface area contributed by atoms with Crippen molar-refractivity contribution in [2.45, 2.75) is 76.3 Å². The normalized spacial score (nSPS) is 24.1. The fraction of sp³-hybridized carbons (Fsp3) is 0.867. The van der Waals surface area contributed by atoms with Gasteiger partial charge in [0.1, 0.15) is 0 Å². The summed E-state index contributed by atoms with van der Waals surface area (Å²) in [6.45, 7) is 0. The van der Waals surface area contributed by atoms with Crippen LogP contribution in [0, 0.1) is 0 Å². The Hall–Kier alpha value is -0.660. The van der Waals surface area contributed by atoms with Gasteiger partial charge in [-0.15, -0.1) is 0 Å². The van der Waals surface area contributed by atoms with Gasteiger partial charge in [-0.05, 0) is 25.7 Å². The van der Waals surface area contributed by atoms with Crippen LogP contribution < -0.4 is 5.32 Å². The van der Waals surface area contributed by atoms with Crippen molar-refractivity contribution >= 4 is 0 Å². The van der Waals surface area contributed by atoms with Crippen LogP contribution in [-0.2, 0) is 0 Å². The Kier molecular flexibility index (Phi) is 5.21. The molecule has 2 rings (SSSR count). The highest BCUT2D eigenvalue weighted by Crippen LogP contribution is 2.30. The van der Waals surface area contributed by atoms with Crippen LogP contribution in [-0.4, -0.2) is 24.0 Å². The summed E-state index contributed by atoms with van der Waals surface area (Å²) in [4.78, 5) is 2.69. The molecular weight excluding hydrogens is 208 g/mol. The second kappa shape index (κ2) is 6.93. The highest BCUT2D eigenvalue weighted by Gasteiger charge is 2.26. The fourth-order valence-corrected chi connectivity index (χ4v) is 3.46. The minimum Gasteiger partial charge on any atom is -0.393 e. The van der Waals surface area contributed by atoms with E-state index in [1.54, 1.807) is 0 Å². The summed E-state index contributed by atoms with van der Waals surface area (Å²) in [6.07, 6.45) is 18.7. The number of hydrogen-bond donors (Lipinski definition) is 1. The van der Waals surface area contributed by atoms with Crippen LogP contribution in [0.5, 0.6) is 0 Å². The second-order valence-electron chi connectivity index (χ2n) is 5.64. The summed E-state index contributed by atoms with van der Waals surface area (Å²) >= 11 is 0. The molecule has 2 fully saturated rings. The largest absolute Gasteiger partial charge is 0.393 e. The molecule has 0 aromatic heterocycles. The molecule has 0 spiro atoms. The van der Waals surface area contributed by atoms with Crippen molar-refractivity contribution in [2.75, 3.05) is 7.05 Å². The van der Waals surface area contributed by atoms with Gasteiger partial charge in [0.15, 0.2) is 0 Å². The molecule has 98 valence electrons. The van der Waals surface area contributed by atoms with Gasteiger partial charge in [-0.1, -0.05) is 38.5 Å². The molecule has 0 saturated heterocycles. The molecule has 0 heterocycles. The third-order valence-electron chi connectivity index (χ3n) is 4.41. The molecule has 2 nitrogen and oxygen atoms in total. The van der Waals surface area contributed by atoms with Gasteiger partial charge in [0.2, 0.25) is 0 Å². The Balaban J connectivity index is 1.97. The summed E-state index contributed by atoms with van der Waals surface area (Å²) in [7, 11) is 2.00. The van der Waals surface area contributed by atoms with E-state index in [2.05, 4.69) is 22.6 Å². The fourth-order valence-electron chi connectivity index (χ4n) is 3.46. The van der Waals surface area contributed by atoms with E-state index >= 15 is 0 Å². The third-order valence-corrected chi connectivity index (χ3v) is 4.41. The van der Waals surface area contributed by atoms with Crippen molar-refractivity contribution in [2.24, 2.45) is 0 Å². The quantitative estimate of drug-likeness (QED) is 0.801. The lowest BCUT2D eigenvalue weighted by Gasteiger charge is -2.41. The minimum absolute atomic E-state index is 0.816. The molecule has 2 saturated carbocycles. The van der Waals surface area contributed by atoms with Crippen LogP contribution in [0.2, 0.25) is 0 Å². The van der Waals surface area contributed by atoms with Crippen LogP contribution in [0.4, 0.5) is 0 Å². The standard InChI is InChI=1S/C15H28N2/c1-16-12-13-17(14-8-4-2-5-9-14)15-10-6-3-7-11-15/h12-16H,2-11H2,1H3/b13-12+. The highest BCUT2D eigenvalue weighted by atomic mass is 15.2. The number of nitrogens with zero attached hydrogens (tertiary/aromatic N) is 1. The molecule has 2 heteroatoms. The van der Waals surface area contributed by atoms with Crippen LogP contribution in [0.25, 0.3) is 0 Å². The van der Waals surface area contributed by atoms with Crippen molar-refractivity contribution < 1.29 is 0 Å². The first-order chi connectivity index (χ1) is 8.42. The Bertz CT molecular complexity index is 207. The molecule has 0 unspecified atom stereocenters. The molecule has 0 aromatic rings. The molecular formula is C15H28N2. The molecule has 0 bridgehead atoms. The lowest BCUT2D eigenvalue weighted by atomic mass is 9.89. The van der Waals surface area contributed by atoms with Crippen LogP contribution in [0.1, 0.15) is 64.2 Å². The van der Waals surface area contributed by atoms with E-state index in [1.165, 1.54) is 64.2 Å². The van der Waals surface area contributed by atoms with Gasteiger partial charge in [0.25, 0.3) is 0 Å². The van der Waals surface area contributed by atoms with Crippen LogP contribution in [0.3, 0.4) is 0 Å². The van der Waals surface area contributed by atoms with Crippen molar-refractivity contribution in [1.29, 1.82) is 0 Å². The monoisotopic (exact) mass is 236 g/mol. The zero-order chi connectivity index (χ0) is 11.9. The van der Waals surface area contributed by atoms with Gasteiger partial charge in [-0.2, -0.15) is 0 Å². The maximum atomic E-state index is 3.15. The highest BCUT2D eigenvalue weighted by molar-refractivity contribution is 4.92. The molecule has 17 heavy (non-hydrogen) atoms. The van der Waals surface area contributed by atoms with E-state index in [9.17, 15) is 0 Å². The Morgan fingerprint density at radius 1 is 0.824 bits per heavy atom. The van der Waals surface area contributed by atoms with Gasteiger partial charge in [-0.25, -0.2) is 0 Å². The number of hydrogen-bond acceptors (Lipinski definition) is 2. The second-order valence-corrected chi connectivity index (χ2v) is 5.64. The van der Waals surface area contributed by atoms with Gasteiger partial charge in [0.05, 0.1) is 0 Å². The third kappa shape index (κ3) is 3.65. The Morgan fingerprint density at radius 3 is 1.71 bits per heavy atom. The van der Waals surface area contributed by atoms with E-state index < -0.39 is 0 Å². The molecule has 0 aliphatic heterocycles. The summed E-state index contributed by atoms with van der Waals surface area (Å²) in [5.74, 6) is 0. The smallest absolute Gasteiger partial charge is 0.0288 e. The topological polar surface area (TPSA) is 15.3 Å². The summed E-state index contributed by atoms with van der Waals surface area (Å²) < 4.78 is 0. The predicted octanol–water partition coefficient (Wildman–Crippen LogP) is 3.64. The van der Waals surface area contributed by atoms with Crippen molar-refractivity contribution in [3.8, 4) is 0 Å². The molecule has 1 N–H and O–H groups in total. The SMILES string of the molecule is CN/C=C/N(C1CCCCC1)C1CCCCC1. The van der Waals surface area contributed by atoms with Gasteiger partial charge in [0, 0.05) is 31.5 Å². The van der Waals surface area contributed by atoms with E-state index in [0.29, 0.717) is 0 Å². The molecule has 2 aliphatic carbocycles. The van der Waals surface area contributed by atoms with Crippen LogP contribution in [0.15, 0.2) is 12.4 Å². The summed E-state index contributed by atoms with van der Waals surface area (Å²) in [5, 5.41) is 3.15. The first-order valence-electron chi connectivity index (χ1n) is 7.53. The van der Waals surface area contributed by atoms with E-state index in [0.717, 1.165) is 12.1 Å². The van der Waals surface area contributed by atoms with E-state index in [-0.39, 0.29) is 0 Å². The molecule has 0 atom stereocenters. The average molecular weight is 236 g/mol. The van der Waals surface area contributed by atoms with Crippen molar-refractivity contribution in [3.05, 3.63) is 12.4 Å². The van der Waals surface area contributed by atoms with Crippen molar-refractivity contribution in [3.63, 3.8) is 0 Å². The summed E-state index contributed by atoms with van der Waals surface area (Å²) in [6, 6.07) is 1.63. The zero-order valence-corrected chi connectivity index (χ0v) is 11.3. The molecule has 0 aromatic carbocycles. The lowest BCUT2D eigenvalue weighted by Crippen LogP contribution is -2.41. The number of nitrogens with one attached hydrogen (secondary N) is 1. The Morgan fingerprint density at radius 2 is 1.29 bits per heavy atom. The first-order valence-corrected chi connectivity index (χ1v) is 7.53. The zero-order valence-electron chi connectivity index (χ0n) is 11.3. The predicted molar refractivity (Wildman–Crippen MR) is 73.8 cm³/mol. The van der Waals surface area contributed by atoms with Gasteiger partial charge >= 0.3 is 0 Å². The summed E-state index contributed by atoms with van der Waals surface area (Å²) in [5.41, 5.74) is 0. The van der Waals surface area contributed by atoms with Gasteiger partial charge < -0.3 is 10.2 Å². The molecule has 2 aliphatic rings. The van der Waals surface area contributed by atoms with E-state index in [1.807, 2.05) is 7.05 Å². The molecule has 0 radical (unpaired) electrons. The molecule has 0 amide bonds. The first kappa shape index (κ1) is 12.8. The maximum absolute atomic E-state index is 3.15. The average Bonchev–Trinajstić information content (AvgIpc) is 2.42.